The van der Waals surface area contributed by atoms with E-state index in [4.69, 9.17) is 4.74 Å². The fraction of sp³-hybridized carbons (Fsp3) is 0.500. The van der Waals surface area contributed by atoms with Crippen LogP contribution in [-0.4, -0.2) is 37.6 Å². The molecular formula is C14H21FN2O2. The maximum Gasteiger partial charge on any atom is 0.260 e. The normalized spacial score (nSPS) is 10.6. The van der Waals surface area contributed by atoms with Gasteiger partial charge in [0.25, 0.3) is 5.91 Å². The van der Waals surface area contributed by atoms with Gasteiger partial charge in [-0.05, 0) is 38.6 Å². The first-order valence-corrected chi connectivity index (χ1v) is 6.27. The number of halogens is 1. The molecule has 0 saturated heterocycles. The van der Waals surface area contributed by atoms with Crippen molar-refractivity contribution in [1.29, 1.82) is 0 Å². The Hall–Kier alpha value is -1.62. The first-order valence-electron chi connectivity index (χ1n) is 6.27. The van der Waals surface area contributed by atoms with E-state index in [0.717, 1.165) is 5.56 Å². The second kappa shape index (κ2) is 7.09. The minimum absolute atomic E-state index is 0.0963. The minimum atomic E-state index is -0.451. The topological polar surface area (TPSA) is 41.6 Å². The summed E-state index contributed by atoms with van der Waals surface area (Å²) in [6.07, 6.45) is 0. The van der Waals surface area contributed by atoms with Crippen molar-refractivity contribution in [3.05, 3.63) is 29.6 Å². The molecule has 0 unspecified atom stereocenters. The molecule has 106 valence electrons. The summed E-state index contributed by atoms with van der Waals surface area (Å²) in [5.41, 5.74) is 0.831. The van der Waals surface area contributed by atoms with Crippen molar-refractivity contribution < 1.29 is 13.9 Å². The highest BCUT2D eigenvalue weighted by Gasteiger charge is 2.13. The Bertz CT molecular complexity index is 435. The highest BCUT2D eigenvalue weighted by molar-refractivity contribution is 5.77. The van der Waals surface area contributed by atoms with E-state index in [-0.39, 0.29) is 24.3 Å². The average molecular weight is 268 g/mol. The molecule has 5 heteroatoms. The molecule has 0 fully saturated rings. The highest BCUT2D eigenvalue weighted by atomic mass is 19.1. The van der Waals surface area contributed by atoms with E-state index in [1.165, 1.54) is 6.07 Å². The van der Waals surface area contributed by atoms with Crippen LogP contribution in [0.25, 0.3) is 0 Å². The van der Waals surface area contributed by atoms with Crippen LogP contribution in [0.2, 0.25) is 0 Å². The Morgan fingerprint density at radius 2 is 2.16 bits per heavy atom. The molecule has 19 heavy (non-hydrogen) atoms. The Balaban J connectivity index is 2.61. The van der Waals surface area contributed by atoms with Gasteiger partial charge in [-0.3, -0.25) is 4.79 Å². The van der Waals surface area contributed by atoms with E-state index >= 15 is 0 Å². The molecule has 0 aromatic heterocycles. The van der Waals surface area contributed by atoms with Crippen molar-refractivity contribution in [3.8, 4) is 5.75 Å². The third-order valence-corrected chi connectivity index (χ3v) is 2.90. The number of nitrogens with one attached hydrogen (secondary N) is 1. The number of carbonyl (C=O) groups is 1. The maximum atomic E-state index is 13.7. The molecule has 1 amide bonds. The van der Waals surface area contributed by atoms with Crippen LogP contribution in [0, 0.1) is 5.82 Å². The fourth-order valence-corrected chi connectivity index (χ4v) is 1.50. The van der Waals surface area contributed by atoms with Crippen molar-refractivity contribution >= 4 is 5.91 Å². The molecule has 0 saturated carbocycles. The number of hydrogen-bond donors (Lipinski definition) is 1. The second-order valence-corrected chi connectivity index (χ2v) is 4.68. The molecule has 0 aliphatic heterocycles. The Kier molecular flexibility index (Phi) is 5.76. The number of hydrogen-bond acceptors (Lipinski definition) is 3. The summed E-state index contributed by atoms with van der Waals surface area (Å²) in [5, 5.41) is 2.94. The summed E-state index contributed by atoms with van der Waals surface area (Å²) in [4.78, 5) is 13.3. The molecular weight excluding hydrogens is 247 g/mol. The zero-order valence-corrected chi connectivity index (χ0v) is 11.9. The van der Waals surface area contributed by atoms with Crippen molar-refractivity contribution in [3.63, 3.8) is 0 Å². The van der Waals surface area contributed by atoms with Gasteiger partial charge in [-0.15, -0.1) is 0 Å². The average Bonchev–Trinajstić information content (AvgIpc) is 2.36. The van der Waals surface area contributed by atoms with Gasteiger partial charge in [0.2, 0.25) is 0 Å². The molecule has 0 spiro atoms. The molecule has 0 radical (unpaired) electrons. The van der Waals surface area contributed by atoms with Crippen molar-refractivity contribution in [2.75, 3.05) is 20.7 Å². The summed E-state index contributed by atoms with van der Waals surface area (Å²) >= 11 is 0. The van der Waals surface area contributed by atoms with Crippen LogP contribution in [0.1, 0.15) is 19.4 Å². The number of ether oxygens (including phenoxy) is 1. The number of carbonyl (C=O) groups excluding carboxylic acids is 1. The van der Waals surface area contributed by atoms with Gasteiger partial charge >= 0.3 is 0 Å². The predicted octanol–water partition coefficient (Wildman–Crippen LogP) is 1.79. The lowest BCUT2D eigenvalue weighted by Crippen LogP contribution is -2.36. The molecule has 0 aliphatic rings. The summed E-state index contributed by atoms with van der Waals surface area (Å²) in [5.74, 6) is -0.521. The summed E-state index contributed by atoms with van der Waals surface area (Å²) < 4.78 is 18.9. The van der Waals surface area contributed by atoms with Crippen LogP contribution in [0.3, 0.4) is 0 Å². The highest BCUT2D eigenvalue weighted by Crippen LogP contribution is 2.18. The van der Waals surface area contributed by atoms with Crippen LogP contribution in [-0.2, 0) is 11.3 Å². The minimum Gasteiger partial charge on any atom is -0.481 e. The van der Waals surface area contributed by atoms with Gasteiger partial charge in [0.1, 0.15) is 0 Å². The van der Waals surface area contributed by atoms with E-state index in [1.54, 1.807) is 31.1 Å². The van der Waals surface area contributed by atoms with Crippen molar-refractivity contribution in [2.45, 2.75) is 26.4 Å². The van der Waals surface area contributed by atoms with Gasteiger partial charge in [0.15, 0.2) is 18.2 Å². The lowest BCUT2D eigenvalue weighted by Gasteiger charge is -2.21. The van der Waals surface area contributed by atoms with Gasteiger partial charge in [-0.1, -0.05) is 6.07 Å². The zero-order valence-electron chi connectivity index (χ0n) is 11.9. The number of nitrogens with zero attached hydrogens (tertiary/aromatic N) is 1. The molecule has 1 rings (SSSR count). The van der Waals surface area contributed by atoms with Gasteiger partial charge < -0.3 is 15.0 Å². The SMILES string of the molecule is CNCc1ccc(OCC(=O)N(C)C(C)C)c(F)c1. The Labute approximate surface area is 113 Å². The first kappa shape index (κ1) is 15.4. The Morgan fingerprint density at radius 1 is 1.47 bits per heavy atom. The Morgan fingerprint density at radius 3 is 2.68 bits per heavy atom. The third kappa shape index (κ3) is 4.52. The summed E-state index contributed by atoms with van der Waals surface area (Å²) in [6.45, 7) is 4.25. The lowest BCUT2D eigenvalue weighted by atomic mass is 10.2. The van der Waals surface area contributed by atoms with E-state index < -0.39 is 5.82 Å². The van der Waals surface area contributed by atoms with Crippen LogP contribution >= 0.6 is 0 Å². The number of rotatable bonds is 6. The quantitative estimate of drug-likeness (QED) is 0.855. The molecule has 0 aliphatic carbocycles. The number of likely N-dealkylation sites (N-methyl/N-ethyl adjacent to an activating group) is 1. The van der Waals surface area contributed by atoms with Crippen LogP contribution < -0.4 is 10.1 Å². The fourth-order valence-electron chi connectivity index (χ4n) is 1.50. The van der Waals surface area contributed by atoms with E-state index in [0.29, 0.717) is 6.54 Å². The van der Waals surface area contributed by atoms with E-state index in [9.17, 15) is 9.18 Å². The molecule has 0 heterocycles. The molecule has 0 bridgehead atoms. The smallest absolute Gasteiger partial charge is 0.260 e. The second-order valence-electron chi connectivity index (χ2n) is 4.68. The predicted molar refractivity (Wildman–Crippen MR) is 72.6 cm³/mol. The zero-order chi connectivity index (χ0) is 14.4. The molecule has 1 N–H and O–H groups in total. The molecule has 1 aromatic rings. The maximum absolute atomic E-state index is 13.7. The van der Waals surface area contributed by atoms with Crippen LogP contribution in [0.5, 0.6) is 5.75 Å². The van der Waals surface area contributed by atoms with E-state index in [2.05, 4.69) is 5.32 Å². The van der Waals surface area contributed by atoms with Crippen molar-refractivity contribution in [2.24, 2.45) is 0 Å². The standard InChI is InChI=1S/C14H21FN2O2/c1-10(2)17(4)14(18)9-19-13-6-5-11(8-16-3)7-12(13)15/h5-7,10,16H,8-9H2,1-4H3. The molecule has 0 atom stereocenters. The molecule has 1 aromatic carbocycles. The van der Waals surface area contributed by atoms with Gasteiger partial charge in [-0.2, -0.15) is 0 Å². The molecule has 4 nitrogen and oxygen atoms in total. The number of amides is 1. The number of benzene rings is 1. The largest absolute Gasteiger partial charge is 0.481 e. The lowest BCUT2D eigenvalue weighted by molar-refractivity contribution is -0.133. The van der Waals surface area contributed by atoms with Crippen LogP contribution in [0.4, 0.5) is 4.39 Å². The first-order chi connectivity index (χ1) is 8.95. The third-order valence-electron chi connectivity index (χ3n) is 2.90. The van der Waals surface area contributed by atoms with Gasteiger partial charge in [-0.25, -0.2) is 4.39 Å². The van der Waals surface area contributed by atoms with Gasteiger partial charge in [0.05, 0.1) is 0 Å². The monoisotopic (exact) mass is 268 g/mol. The van der Waals surface area contributed by atoms with E-state index in [1.807, 2.05) is 13.8 Å². The van der Waals surface area contributed by atoms with Gasteiger partial charge in [0, 0.05) is 19.6 Å². The van der Waals surface area contributed by atoms with Crippen molar-refractivity contribution in [1.82, 2.24) is 10.2 Å². The summed E-state index contributed by atoms with van der Waals surface area (Å²) in [6, 6.07) is 4.82. The van der Waals surface area contributed by atoms with Crippen LogP contribution in [0.15, 0.2) is 18.2 Å². The summed E-state index contributed by atoms with van der Waals surface area (Å²) in [7, 11) is 3.49.